The molecule has 0 radical (unpaired) electrons. The van der Waals surface area contributed by atoms with E-state index in [1.807, 2.05) is 0 Å². The molecule has 9 nitrogen and oxygen atoms in total. The first-order valence-electron chi connectivity index (χ1n) is 10.00. The highest BCUT2D eigenvalue weighted by atomic mass is 79.9. The number of benzene rings is 2. The standard InChI is InChI=1S/C21H24BrN3O6S2/c1-4-21(2,3)25(33(30,31)17-9-5-14(22)6-10-17)18-13-19(26)24(20(18)27)15-7-11-16(12-8-15)32(23,28)29/h5-12,18H,4,13H2,1-3H3,(H2,23,28,29). The van der Waals surface area contributed by atoms with Gasteiger partial charge in [-0.15, -0.1) is 0 Å². The van der Waals surface area contributed by atoms with Crippen molar-refractivity contribution in [2.45, 2.75) is 55.0 Å². The molecule has 3 rings (SSSR count). The summed E-state index contributed by atoms with van der Waals surface area (Å²) in [6, 6.07) is 9.74. The Morgan fingerprint density at radius 3 is 2.00 bits per heavy atom. The molecule has 1 aliphatic rings. The number of rotatable bonds is 7. The van der Waals surface area contributed by atoms with Crippen LogP contribution in [0.25, 0.3) is 0 Å². The van der Waals surface area contributed by atoms with Crippen LogP contribution in [0.3, 0.4) is 0 Å². The number of nitrogens with two attached hydrogens (primary N) is 1. The Morgan fingerprint density at radius 1 is 1.00 bits per heavy atom. The first-order valence-corrected chi connectivity index (χ1v) is 13.8. The van der Waals surface area contributed by atoms with Crippen molar-refractivity contribution in [3.05, 3.63) is 53.0 Å². The maximum Gasteiger partial charge on any atom is 0.252 e. The van der Waals surface area contributed by atoms with Gasteiger partial charge in [-0.3, -0.25) is 9.59 Å². The van der Waals surface area contributed by atoms with E-state index < -0.39 is 43.4 Å². The second-order valence-corrected chi connectivity index (χ2v) is 12.5. The molecule has 178 valence electrons. The minimum atomic E-state index is -4.14. The number of hydrogen-bond donors (Lipinski definition) is 1. The molecule has 0 aliphatic carbocycles. The van der Waals surface area contributed by atoms with Gasteiger partial charge in [-0.1, -0.05) is 22.9 Å². The van der Waals surface area contributed by atoms with Crippen molar-refractivity contribution in [2.24, 2.45) is 5.14 Å². The molecular formula is C21H24BrN3O6S2. The average Bonchev–Trinajstić information content (AvgIpc) is 3.01. The number of anilines is 1. The fourth-order valence-corrected chi connectivity index (χ4v) is 6.41. The van der Waals surface area contributed by atoms with Gasteiger partial charge in [-0.05, 0) is 68.8 Å². The highest BCUT2D eigenvalue weighted by molar-refractivity contribution is 9.10. The fraction of sp³-hybridized carbons (Fsp3) is 0.333. The highest BCUT2D eigenvalue weighted by Gasteiger charge is 2.51. The number of primary sulfonamides is 1. The summed E-state index contributed by atoms with van der Waals surface area (Å²) in [5, 5.41) is 5.10. The molecule has 0 bridgehead atoms. The number of carbonyl (C=O) groups excluding carboxylic acids is 2. The van der Waals surface area contributed by atoms with Crippen LogP contribution in [0.1, 0.15) is 33.6 Å². The van der Waals surface area contributed by atoms with Crippen molar-refractivity contribution in [3.8, 4) is 0 Å². The van der Waals surface area contributed by atoms with Crippen LogP contribution in [0, 0.1) is 0 Å². The van der Waals surface area contributed by atoms with Gasteiger partial charge in [0.25, 0.3) is 5.91 Å². The van der Waals surface area contributed by atoms with Crippen molar-refractivity contribution in [3.63, 3.8) is 0 Å². The first kappa shape index (κ1) is 25.5. The fourth-order valence-electron chi connectivity index (χ4n) is 3.65. The summed E-state index contributed by atoms with van der Waals surface area (Å²) < 4.78 is 52.1. The zero-order chi connectivity index (χ0) is 24.8. The minimum Gasteiger partial charge on any atom is -0.274 e. The van der Waals surface area contributed by atoms with E-state index in [0.29, 0.717) is 10.9 Å². The van der Waals surface area contributed by atoms with Crippen molar-refractivity contribution in [1.82, 2.24) is 4.31 Å². The van der Waals surface area contributed by atoms with Gasteiger partial charge in [0, 0.05) is 10.0 Å². The van der Waals surface area contributed by atoms with E-state index in [2.05, 4.69) is 15.9 Å². The molecule has 0 spiro atoms. The van der Waals surface area contributed by atoms with Crippen LogP contribution in [-0.4, -0.2) is 44.5 Å². The number of amides is 2. The van der Waals surface area contributed by atoms with E-state index in [1.165, 1.54) is 36.4 Å². The molecule has 2 N–H and O–H groups in total. The monoisotopic (exact) mass is 557 g/mol. The zero-order valence-electron chi connectivity index (χ0n) is 18.2. The van der Waals surface area contributed by atoms with Crippen molar-refractivity contribution in [1.29, 1.82) is 0 Å². The van der Waals surface area contributed by atoms with Gasteiger partial charge in [0.05, 0.1) is 21.9 Å². The van der Waals surface area contributed by atoms with Crippen molar-refractivity contribution in [2.75, 3.05) is 4.90 Å². The summed E-state index contributed by atoms with van der Waals surface area (Å²) in [6.07, 6.45) is 0.0543. The molecule has 0 aromatic heterocycles. The number of halogens is 1. The first-order chi connectivity index (χ1) is 15.2. The smallest absolute Gasteiger partial charge is 0.252 e. The van der Waals surface area contributed by atoms with Crippen LogP contribution in [0.2, 0.25) is 0 Å². The van der Waals surface area contributed by atoms with Crippen LogP contribution in [0.15, 0.2) is 62.8 Å². The SMILES string of the molecule is CCC(C)(C)N(C1CC(=O)N(c2ccc(S(N)(=O)=O)cc2)C1=O)S(=O)(=O)c1ccc(Br)cc1. The van der Waals surface area contributed by atoms with Gasteiger partial charge in [-0.2, -0.15) is 4.31 Å². The third kappa shape index (κ3) is 4.90. The number of imide groups is 1. The largest absolute Gasteiger partial charge is 0.274 e. The van der Waals surface area contributed by atoms with Crippen LogP contribution < -0.4 is 10.0 Å². The summed E-state index contributed by atoms with van der Waals surface area (Å²) in [6.45, 7) is 5.20. The van der Waals surface area contributed by atoms with E-state index in [9.17, 15) is 26.4 Å². The van der Waals surface area contributed by atoms with E-state index in [-0.39, 0.29) is 21.9 Å². The molecule has 2 aromatic carbocycles. The van der Waals surface area contributed by atoms with Gasteiger partial charge in [0.2, 0.25) is 26.0 Å². The third-order valence-corrected chi connectivity index (χ3v) is 9.25. The van der Waals surface area contributed by atoms with Gasteiger partial charge in [0.15, 0.2) is 0 Å². The van der Waals surface area contributed by atoms with Crippen LogP contribution in [0.5, 0.6) is 0 Å². The van der Waals surface area contributed by atoms with Gasteiger partial charge < -0.3 is 0 Å². The topological polar surface area (TPSA) is 135 Å². The molecule has 1 heterocycles. The molecule has 0 saturated carbocycles. The maximum atomic E-state index is 13.6. The van der Waals surface area contributed by atoms with E-state index in [1.54, 1.807) is 32.9 Å². The summed E-state index contributed by atoms with van der Waals surface area (Å²) in [5.74, 6) is -1.29. The molecule has 12 heteroatoms. The normalized spacial score (nSPS) is 17.8. The summed E-state index contributed by atoms with van der Waals surface area (Å²) in [4.78, 5) is 26.9. The Kier molecular flexibility index (Phi) is 6.89. The van der Waals surface area contributed by atoms with Gasteiger partial charge >= 0.3 is 0 Å². The predicted octanol–water partition coefficient (Wildman–Crippen LogP) is 2.61. The van der Waals surface area contributed by atoms with Crippen LogP contribution in [0.4, 0.5) is 5.69 Å². The zero-order valence-corrected chi connectivity index (χ0v) is 21.4. The lowest BCUT2D eigenvalue weighted by atomic mass is 10.00. The van der Waals surface area contributed by atoms with Crippen LogP contribution >= 0.6 is 15.9 Å². The third-order valence-electron chi connectivity index (χ3n) is 5.66. The Morgan fingerprint density at radius 2 is 1.52 bits per heavy atom. The minimum absolute atomic E-state index is 0.00318. The maximum absolute atomic E-state index is 13.6. The van der Waals surface area contributed by atoms with Gasteiger partial charge in [0.1, 0.15) is 6.04 Å². The average molecular weight is 558 g/mol. The number of sulfonamides is 2. The van der Waals surface area contributed by atoms with E-state index >= 15 is 0 Å². The summed E-state index contributed by atoms with van der Waals surface area (Å²) >= 11 is 3.28. The molecule has 1 saturated heterocycles. The Hall–Kier alpha value is -2.12. The quantitative estimate of drug-likeness (QED) is 0.520. The highest BCUT2D eigenvalue weighted by Crippen LogP contribution is 2.36. The lowest BCUT2D eigenvalue weighted by molar-refractivity contribution is -0.122. The number of hydrogen-bond acceptors (Lipinski definition) is 6. The summed E-state index contributed by atoms with van der Waals surface area (Å²) in [5.41, 5.74) is -0.838. The second-order valence-electron chi connectivity index (χ2n) is 8.25. The molecule has 2 amide bonds. The molecule has 1 fully saturated rings. The molecule has 2 aromatic rings. The molecule has 1 unspecified atom stereocenters. The Balaban J connectivity index is 2.05. The second kappa shape index (κ2) is 8.91. The van der Waals surface area contributed by atoms with Crippen molar-refractivity contribution < 1.29 is 26.4 Å². The molecule has 33 heavy (non-hydrogen) atoms. The Labute approximate surface area is 201 Å². The lowest BCUT2D eigenvalue weighted by Gasteiger charge is -2.39. The molecule has 1 aliphatic heterocycles. The van der Waals surface area contributed by atoms with Crippen LogP contribution in [-0.2, 0) is 29.6 Å². The molecular weight excluding hydrogens is 534 g/mol. The summed E-state index contributed by atoms with van der Waals surface area (Å²) in [7, 11) is -8.09. The Bertz CT molecular complexity index is 1290. The van der Waals surface area contributed by atoms with Crippen molar-refractivity contribution >= 4 is 53.5 Å². The number of nitrogens with zero attached hydrogens (tertiary/aromatic N) is 2. The number of carbonyl (C=O) groups is 2. The van der Waals surface area contributed by atoms with E-state index in [0.717, 1.165) is 9.21 Å². The van der Waals surface area contributed by atoms with E-state index in [4.69, 9.17) is 5.14 Å². The molecule has 1 atom stereocenters. The predicted molar refractivity (Wildman–Crippen MR) is 126 cm³/mol. The lowest BCUT2D eigenvalue weighted by Crippen LogP contribution is -2.55. The van der Waals surface area contributed by atoms with Gasteiger partial charge in [-0.25, -0.2) is 26.9 Å².